The molecule has 0 aromatic carbocycles. The maximum Gasteiger partial charge on any atom is 0.323 e. The SMILES string of the molecule is CCNC(C)(CCN1CCC(C)(CC)CC1)C(=O)O. The fourth-order valence-electron chi connectivity index (χ4n) is 2.71. The highest BCUT2D eigenvalue weighted by molar-refractivity contribution is 5.78. The first-order valence-electron chi connectivity index (χ1n) is 7.56. The van der Waals surface area contributed by atoms with Crippen LogP contribution in [0.25, 0.3) is 0 Å². The van der Waals surface area contributed by atoms with Crippen LogP contribution in [0.15, 0.2) is 0 Å². The van der Waals surface area contributed by atoms with Crippen LogP contribution in [-0.4, -0.2) is 47.7 Å². The van der Waals surface area contributed by atoms with Crippen LogP contribution in [0.2, 0.25) is 0 Å². The summed E-state index contributed by atoms with van der Waals surface area (Å²) in [6, 6.07) is 0. The highest BCUT2D eigenvalue weighted by Gasteiger charge is 2.34. The van der Waals surface area contributed by atoms with E-state index in [1.807, 2.05) is 6.92 Å². The first kappa shape index (κ1) is 16.4. The summed E-state index contributed by atoms with van der Waals surface area (Å²) in [5, 5.41) is 12.4. The van der Waals surface area contributed by atoms with Gasteiger partial charge in [0.15, 0.2) is 0 Å². The minimum absolute atomic E-state index is 0.494. The fraction of sp³-hybridized carbons (Fsp3) is 0.933. The van der Waals surface area contributed by atoms with Gasteiger partial charge in [-0.25, -0.2) is 0 Å². The van der Waals surface area contributed by atoms with Crippen LogP contribution in [0.3, 0.4) is 0 Å². The Labute approximate surface area is 117 Å². The molecular formula is C15H30N2O2. The minimum Gasteiger partial charge on any atom is -0.480 e. The summed E-state index contributed by atoms with van der Waals surface area (Å²) in [6.45, 7) is 12.1. The van der Waals surface area contributed by atoms with E-state index in [1.165, 1.54) is 19.3 Å². The predicted octanol–water partition coefficient (Wildman–Crippen LogP) is 2.34. The molecule has 1 fully saturated rings. The van der Waals surface area contributed by atoms with E-state index in [0.29, 0.717) is 18.4 Å². The predicted molar refractivity (Wildman–Crippen MR) is 78.4 cm³/mol. The smallest absolute Gasteiger partial charge is 0.323 e. The van der Waals surface area contributed by atoms with E-state index in [0.717, 1.165) is 19.6 Å². The number of carboxylic acid groups (broad SMARTS) is 1. The monoisotopic (exact) mass is 270 g/mol. The molecule has 1 unspecified atom stereocenters. The van der Waals surface area contributed by atoms with Crippen LogP contribution in [0, 0.1) is 5.41 Å². The lowest BCUT2D eigenvalue weighted by atomic mass is 9.78. The van der Waals surface area contributed by atoms with E-state index in [4.69, 9.17) is 0 Å². The van der Waals surface area contributed by atoms with Crippen molar-refractivity contribution < 1.29 is 9.90 Å². The molecule has 1 rings (SSSR count). The second-order valence-corrected chi connectivity index (χ2v) is 6.42. The standard InChI is InChI=1S/C15H30N2O2/c1-5-14(3)7-10-17(11-8-14)12-9-15(4,13(18)19)16-6-2/h16H,5-12H2,1-4H3,(H,18,19). The Bertz CT molecular complexity index is 299. The number of likely N-dealkylation sites (tertiary alicyclic amines) is 1. The summed E-state index contributed by atoms with van der Waals surface area (Å²) in [6.07, 6.45) is 4.37. The molecular weight excluding hydrogens is 240 g/mol. The van der Waals surface area contributed by atoms with Crippen molar-refractivity contribution in [1.29, 1.82) is 0 Å². The van der Waals surface area contributed by atoms with E-state index in [1.54, 1.807) is 6.92 Å². The molecule has 19 heavy (non-hydrogen) atoms. The Morgan fingerprint density at radius 2 is 1.95 bits per heavy atom. The van der Waals surface area contributed by atoms with Gasteiger partial charge in [-0.15, -0.1) is 0 Å². The third-order valence-electron chi connectivity index (χ3n) is 4.88. The second-order valence-electron chi connectivity index (χ2n) is 6.42. The molecule has 0 aliphatic carbocycles. The maximum absolute atomic E-state index is 11.4. The number of hydrogen-bond donors (Lipinski definition) is 2. The minimum atomic E-state index is -0.791. The number of carbonyl (C=O) groups is 1. The van der Waals surface area contributed by atoms with Gasteiger partial charge in [0, 0.05) is 6.54 Å². The van der Waals surface area contributed by atoms with E-state index < -0.39 is 11.5 Å². The lowest BCUT2D eigenvalue weighted by molar-refractivity contribution is -0.144. The zero-order valence-electron chi connectivity index (χ0n) is 13.0. The lowest BCUT2D eigenvalue weighted by Crippen LogP contribution is -2.52. The van der Waals surface area contributed by atoms with Gasteiger partial charge in [0.1, 0.15) is 5.54 Å². The highest BCUT2D eigenvalue weighted by Crippen LogP contribution is 2.34. The average molecular weight is 270 g/mol. The average Bonchev–Trinajstić information content (AvgIpc) is 2.38. The van der Waals surface area contributed by atoms with Crippen LogP contribution < -0.4 is 5.32 Å². The number of likely N-dealkylation sites (N-methyl/N-ethyl adjacent to an activating group) is 1. The number of aliphatic carboxylic acids is 1. The fourth-order valence-corrected chi connectivity index (χ4v) is 2.71. The number of nitrogens with one attached hydrogen (secondary N) is 1. The van der Waals surface area contributed by atoms with Gasteiger partial charge in [-0.3, -0.25) is 4.79 Å². The molecule has 0 radical (unpaired) electrons. The number of hydrogen-bond acceptors (Lipinski definition) is 3. The van der Waals surface area contributed by atoms with Crippen LogP contribution in [0.1, 0.15) is 53.4 Å². The molecule has 0 bridgehead atoms. The molecule has 1 heterocycles. The summed E-state index contributed by atoms with van der Waals surface area (Å²) in [5.41, 5.74) is -0.297. The van der Waals surface area contributed by atoms with Crippen molar-refractivity contribution in [2.45, 2.75) is 58.9 Å². The first-order chi connectivity index (χ1) is 8.85. The van der Waals surface area contributed by atoms with Gasteiger partial charge in [-0.2, -0.15) is 0 Å². The molecule has 1 atom stereocenters. The summed E-state index contributed by atoms with van der Waals surface area (Å²) in [7, 11) is 0. The zero-order chi connectivity index (χ0) is 14.5. The Morgan fingerprint density at radius 1 is 1.37 bits per heavy atom. The molecule has 0 saturated carbocycles. The highest BCUT2D eigenvalue weighted by atomic mass is 16.4. The molecule has 1 aliphatic heterocycles. The van der Waals surface area contributed by atoms with Crippen molar-refractivity contribution in [3.63, 3.8) is 0 Å². The van der Waals surface area contributed by atoms with Crippen molar-refractivity contribution in [3.8, 4) is 0 Å². The summed E-state index contributed by atoms with van der Waals surface area (Å²) >= 11 is 0. The largest absolute Gasteiger partial charge is 0.480 e. The molecule has 0 aromatic rings. The van der Waals surface area contributed by atoms with Crippen molar-refractivity contribution in [2.75, 3.05) is 26.2 Å². The van der Waals surface area contributed by atoms with E-state index in [-0.39, 0.29) is 0 Å². The summed E-state index contributed by atoms with van der Waals surface area (Å²) < 4.78 is 0. The normalized spacial score (nSPS) is 22.9. The molecule has 0 spiro atoms. The number of piperidine rings is 1. The van der Waals surface area contributed by atoms with Gasteiger partial charge in [0.2, 0.25) is 0 Å². The molecule has 0 aromatic heterocycles. The third kappa shape index (κ3) is 4.46. The van der Waals surface area contributed by atoms with E-state index in [9.17, 15) is 9.90 Å². The Kier molecular flexibility index (Phi) is 5.81. The summed E-state index contributed by atoms with van der Waals surface area (Å²) in [4.78, 5) is 13.8. The van der Waals surface area contributed by atoms with Gasteiger partial charge < -0.3 is 15.3 Å². The van der Waals surface area contributed by atoms with Gasteiger partial charge >= 0.3 is 5.97 Å². The maximum atomic E-state index is 11.4. The van der Waals surface area contributed by atoms with Gasteiger partial charge in [-0.1, -0.05) is 27.2 Å². The Hall–Kier alpha value is -0.610. The van der Waals surface area contributed by atoms with Crippen LogP contribution in [-0.2, 0) is 4.79 Å². The molecule has 1 aliphatic rings. The van der Waals surface area contributed by atoms with Crippen molar-refractivity contribution in [1.82, 2.24) is 10.2 Å². The van der Waals surface area contributed by atoms with Crippen molar-refractivity contribution in [2.24, 2.45) is 5.41 Å². The molecule has 0 amide bonds. The van der Waals surface area contributed by atoms with Crippen molar-refractivity contribution >= 4 is 5.97 Å². The first-order valence-corrected chi connectivity index (χ1v) is 7.56. The van der Waals surface area contributed by atoms with Crippen LogP contribution in [0.4, 0.5) is 0 Å². The van der Waals surface area contributed by atoms with E-state index in [2.05, 4.69) is 24.1 Å². The molecule has 4 nitrogen and oxygen atoms in total. The van der Waals surface area contributed by atoms with Crippen LogP contribution >= 0.6 is 0 Å². The summed E-state index contributed by atoms with van der Waals surface area (Å²) in [5.74, 6) is -0.746. The third-order valence-corrected chi connectivity index (χ3v) is 4.88. The van der Waals surface area contributed by atoms with E-state index >= 15 is 0 Å². The number of nitrogens with zero attached hydrogens (tertiary/aromatic N) is 1. The van der Waals surface area contributed by atoms with Gasteiger partial charge in [0.05, 0.1) is 0 Å². The van der Waals surface area contributed by atoms with Crippen molar-refractivity contribution in [3.05, 3.63) is 0 Å². The van der Waals surface area contributed by atoms with Gasteiger partial charge in [-0.05, 0) is 51.2 Å². The molecule has 1 saturated heterocycles. The topological polar surface area (TPSA) is 52.6 Å². The molecule has 4 heteroatoms. The zero-order valence-corrected chi connectivity index (χ0v) is 13.0. The molecule has 112 valence electrons. The quantitative estimate of drug-likeness (QED) is 0.745. The lowest BCUT2D eigenvalue weighted by Gasteiger charge is -2.40. The van der Waals surface area contributed by atoms with Crippen LogP contribution in [0.5, 0.6) is 0 Å². The van der Waals surface area contributed by atoms with Gasteiger partial charge in [0.25, 0.3) is 0 Å². The molecule has 2 N–H and O–H groups in total. The second kappa shape index (κ2) is 6.71. The Balaban J connectivity index is 2.43. The number of carboxylic acids is 1. The Morgan fingerprint density at radius 3 is 2.37 bits per heavy atom. The number of rotatable bonds is 7.